The Balaban J connectivity index is 2.87. The molecule has 5 heteroatoms. The van der Waals surface area contributed by atoms with Gasteiger partial charge in [-0.15, -0.1) is 0 Å². The standard InChI is InChI=1S/C8H6BrF2NO/c9-4-8(13)12-7-3-5(10)1-2-6(7)11/h1-3H,4H2,(H,12,13). The maximum absolute atomic E-state index is 12.9. The first kappa shape index (κ1) is 10.1. The molecule has 13 heavy (non-hydrogen) atoms. The highest BCUT2D eigenvalue weighted by atomic mass is 79.9. The Bertz CT molecular complexity index is 330. The van der Waals surface area contributed by atoms with E-state index in [0.717, 1.165) is 18.2 Å². The van der Waals surface area contributed by atoms with Gasteiger partial charge in [0.05, 0.1) is 11.0 Å². The third-order valence-corrected chi connectivity index (χ3v) is 1.83. The number of carbonyl (C=O) groups excluding carboxylic acids is 1. The average Bonchev–Trinajstić information content (AvgIpc) is 2.11. The Morgan fingerprint density at radius 3 is 2.77 bits per heavy atom. The van der Waals surface area contributed by atoms with Gasteiger partial charge in [-0.2, -0.15) is 0 Å². The fourth-order valence-corrected chi connectivity index (χ4v) is 0.917. The van der Waals surface area contributed by atoms with Crippen LogP contribution in [-0.2, 0) is 4.79 Å². The maximum Gasteiger partial charge on any atom is 0.235 e. The number of amides is 1. The number of nitrogens with one attached hydrogen (secondary N) is 1. The monoisotopic (exact) mass is 249 g/mol. The Kier molecular flexibility index (Phi) is 3.36. The number of rotatable bonds is 2. The lowest BCUT2D eigenvalue weighted by Crippen LogP contribution is -2.13. The van der Waals surface area contributed by atoms with E-state index in [1.165, 1.54) is 0 Å². The van der Waals surface area contributed by atoms with Crippen molar-refractivity contribution in [2.75, 3.05) is 10.6 Å². The van der Waals surface area contributed by atoms with Crippen LogP contribution in [0.15, 0.2) is 18.2 Å². The van der Waals surface area contributed by atoms with E-state index in [1.807, 2.05) is 0 Å². The zero-order chi connectivity index (χ0) is 9.84. The van der Waals surface area contributed by atoms with Gasteiger partial charge in [0.15, 0.2) is 0 Å². The van der Waals surface area contributed by atoms with E-state index in [4.69, 9.17) is 0 Å². The predicted molar refractivity (Wildman–Crippen MR) is 48.8 cm³/mol. The maximum atomic E-state index is 12.9. The van der Waals surface area contributed by atoms with Crippen molar-refractivity contribution in [3.63, 3.8) is 0 Å². The second-order valence-corrected chi connectivity index (χ2v) is 2.87. The summed E-state index contributed by atoms with van der Waals surface area (Å²) in [4.78, 5) is 10.8. The molecule has 0 unspecified atom stereocenters. The van der Waals surface area contributed by atoms with Crippen molar-refractivity contribution in [3.8, 4) is 0 Å². The predicted octanol–water partition coefficient (Wildman–Crippen LogP) is 2.30. The van der Waals surface area contributed by atoms with Gasteiger partial charge in [-0.3, -0.25) is 4.79 Å². The Morgan fingerprint density at radius 1 is 1.46 bits per heavy atom. The first-order valence-electron chi connectivity index (χ1n) is 3.44. The van der Waals surface area contributed by atoms with Crippen LogP contribution in [0.1, 0.15) is 0 Å². The van der Waals surface area contributed by atoms with Gasteiger partial charge in [-0.25, -0.2) is 8.78 Å². The number of hydrogen-bond donors (Lipinski definition) is 1. The molecule has 0 radical (unpaired) electrons. The molecule has 0 aliphatic heterocycles. The van der Waals surface area contributed by atoms with Gasteiger partial charge in [0.1, 0.15) is 11.6 Å². The summed E-state index contributed by atoms with van der Waals surface area (Å²) in [6.45, 7) is 0. The molecule has 0 bridgehead atoms. The average molecular weight is 250 g/mol. The first-order chi connectivity index (χ1) is 6.13. The van der Waals surface area contributed by atoms with E-state index in [-0.39, 0.29) is 11.0 Å². The van der Waals surface area contributed by atoms with Crippen LogP contribution in [0.5, 0.6) is 0 Å². The number of alkyl halides is 1. The van der Waals surface area contributed by atoms with E-state index >= 15 is 0 Å². The molecule has 0 saturated carbocycles. The molecule has 0 atom stereocenters. The Labute approximate surface area is 82.1 Å². The highest BCUT2D eigenvalue weighted by molar-refractivity contribution is 9.09. The third-order valence-electron chi connectivity index (χ3n) is 1.32. The molecule has 1 aromatic carbocycles. The number of anilines is 1. The molecule has 0 aliphatic rings. The first-order valence-corrected chi connectivity index (χ1v) is 4.56. The van der Waals surface area contributed by atoms with Crippen LogP contribution in [0, 0.1) is 11.6 Å². The molecule has 0 saturated heterocycles. The highest BCUT2D eigenvalue weighted by Gasteiger charge is 2.06. The number of hydrogen-bond acceptors (Lipinski definition) is 1. The van der Waals surface area contributed by atoms with Crippen LogP contribution >= 0.6 is 15.9 Å². The third kappa shape index (κ3) is 2.77. The minimum absolute atomic E-state index is 0.0446. The van der Waals surface area contributed by atoms with E-state index < -0.39 is 17.5 Å². The molecule has 2 nitrogen and oxygen atoms in total. The zero-order valence-electron chi connectivity index (χ0n) is 6.48. The molecule has 1 rings (SSSR count). The van der Waals surface area contributed by atoms with Crippen molar-refractivity contribution in [1.82, 2.24) is 0 Å². The summed E-state index contributed by atoms with van der Waals surface area (Å²) < 4.78 is 25.4. The summed E-state index contributed by atoms with van der Waals surface area (Å²) in [5, 5.41) is 2.24. The number of carbonyl (C=O) groups is 1. The van der Waals surface area contributed by atoms with Crippen LogP contribution in [0.4, 0.5) is 14.5 Å². The molecule has 0 aliphatic carbocycles. The van der Waals surface area contributed by atoms with E-state index in [2.05, 4.69) is 21.2 Å². The number of halogens is 3. The topological polar surface area (TPSA) is 29.1 Å². The Hall–Kier alpha value is -0.970. The highest BCUT2D eigenvalue weighted by Crippen LogP contribution is 2.14. The zero-order valence-corrected chi connectivity index (χ0v) is 8.07. The molecule has 0 heterocycles. The van der Waals surface area contributed by atoms with Crippen molar-refractivity contribution < 1.29 is 13.6 Å². The van der Waals surface area contributed by atoms with Crippen LogP contribution in [0.3, 0.4) is 0 Å². The minimum Gasteiger partial charge on any atom is -0.323 e. The lowest BCUT2D eigenvalue weighted by Gasteiger charge is -2.03. The summed E-state index contributed by atoms with van der Waals surface area (Å²) in [5.41, 5.74) is -0.149. The normalized spacial score (nSPS) is 9.77. The number of benzene rings is 1. The van der Waals surface area contributed by atoms with Crippen molar-refractivity contribution in [2.45, 2.75) is 0 Å². The molecule has 70 valence electrons. The van der Waals surface area contributed by atoms with Gasteiger partial charge in [0, 0.05) is 6.07 Å². The lowest BCUT2D eigenvalue weighted by molar-refractivity contribution is -0.113. The van der Waals surface area contributed by atoms with Crippen molar-refractivity contribution in [1.29, 1.82) is 0 Å². The summed E-state index contributed by atoms with van der Waals surface area (Å²) in [5.74, 6) is -1.67. The van der Waals surface area contributed by atoms with Crippen molar-refractivity contribution >= 4 is 27.5 Å². The van der Waals surface area contributed by atoms with E-state index in [9.17, 15) is 13.6 Å². The fraction of sp³-hybridized carbons (Fsp3) is 0.125. The molecule has 1 amide bonds. The van der Waals surface area contributed by atoms with Gasteiger partial charge in [-0.05, 0) is 12.1 Å². The molecular formula is C8H6BrF2NO. The second-order valence-electron chi connectivity index (χ2n) is 2.31. The largest absolute Gasteiger partial charge is 0.323 e. The molecule has 0 aromatic heterocycles. The SMILES string of the molecule is O=C(CBr)Nc1cc(F)ccc1F. The van der Waals surface area contributed by atoms with E-state index in [0.29, 0.717) is 0 Å². The van der Waals surface area contributed by atoms with E-state index in [1.54, 1.807) is 0 Å². The van der Waals surface area contributed by atoms with Gasteiger partial charge >= 0.3 is 0 Å². The smallest absolute Gasteiger partial charge is 0.235 e. The second kappa shape index (κ2) is 4.32. The Morgan fingerprint density at radius 2 is 2.15 bits per heavy atom. The fourth-order valence-electron chi connectivity index (χ4n) is 0.777. The lowest BCUT2D eigenvalue weighted by atomic mass is 10.3. The summed E-state index contributed by atoms with van der Waals surface area (Å²) >= 11 is 2.89. The van der Waals surface area contributed by atoms with Crippen LogP contribution < -0.4 is 5.32 Å². The van der Waals surface area contributed by atoms with Gasteiger partial charge in [0.2, 0.25) is 5.91 Å². The van der Waals surface area contributed by atoms with Crippen molar-refractivity contribution in [2.24, 2.45) is 0 Å². The van der Waals surface area contributed by atoms with Gasteiger partial charge in [-0.1, -0.05) is 15.9 Å². The summed E-state index contributed by atoms with van der Waals surface area (Å²) in [6, 6.07) is 2.87. The summed E-state index contributed by atoms with van der Waals surface area (Å²) in [7, 11) is 0. The van der Waals surface area contributed by atoms with Gasteiger partial charge in [0.25, 0.3) is 0 Å². The van der Waals surface area contributed by atoms with Crippen molar-refractivity contribution in [3.05, 3.63) is 29.8 Å². The van der Waals surface area contributed by atoms with Crippen LogP contribution in [0.2, 0.25) is 0 Å². The van der Waals surface area contributed by atoms with Gasteiger partial charge < -0.3 is 5.32 Å². The molecule has 0 fully saturated rings. The van der Waals surface area contributed by atoms with Crippen LogP contribution in [0.25, 0.3) is 0 Å². The molecule has 0 spiro atoms. The summed E-state index contributed by atoms with van der Waals surface area (Å²) in [6.07, 6.45) is 0. The molecular weight excluding hydrogens is 244 g/mol. The van der Waals surface area contributed by atoms with Crippen LogP contribution in [-0.4, -0.2) is 11.2 Å². The molecule has 1 aromatic rings. The minimum atomic E-state index is -0.657. The molecule has 1 N–H and O–H groups in total. The quantitative estimate of drug-likeness (QED) is 0.801.